The fraction of sp³-hybridized carbons (Fsp3) is 0.500. The highest BCUT2D eigenvalue weighted by molar-refractivity contribution is 7.89. The second-order valence-electron chi connectivity index (χ2n) is 8.43. The van der Waals surface area contributed by atoms with Crippen molar-refractivity contribution < 1.29 is 23.1 Å². The van der Waals surface area contributed by atoms with E-state index in [1.807, 2.05) is 7.05 Å². The number of hydrogen-bond donors (Lipinski definition) is 2. The number of carbonyl (C=O) groups excluding carboxylic acids is 1. The largest absolute Gasteiger partial charge is 0.479 e. The number of fused-ring (bicyclic) bond motifs is 3. The molecule has 1 amide bonds. The molecule has 0 saturated carbocycles. The number of imidazole rings is 1. The summed E-state index contributed by atoms with van der Waals surface area (Å²) in [5.74, 6) is 0.709. The van der Waals surface area contributed by atoms with Crippen LogP contribution in [0.2, 0.25) is 0 Å². The van der Waals surface area contributed by atoms with E-state index in [2.05, 4.69) is 10.3 Å². The molecule has 2 fully saturated rings. The van der Waals surface area contributed by atoms with Crippen LogP contribution in [0.1, 0.15) is 38.4 Å². The van der Waals surface area contributed by atoms with E-state index in [1.165, 1.54) is 12.1 Å². The van der Waals surface area contributed by atoms with Crippen LogP contribution < -0.4 is 10.1 Å². The summed E-state index contributed by atoms with van der Waals surface area (Å²) in [6.45, 7) is 1.64. The number of anilines is 1. The van der Waals surface area contributed by atoms with E-state index in [0.717, 1.165) is 0 Å². The number of amides is 1. The maximum Gasteiger partial charge on any atom is 0.265 e. The van der Waals surface area contributed by atoms with Crippen LogP contribution in [0, 0.1) is 0 Å². The molecule has 30 heavy (non-hydrogen) atoms. The number of aryl methyl sites for hydroxylation is 1. The topological polar surface area (TPSA) is 114 Å². The summed E-state index contributed by atoms with van der Waals surface area (Å²) in [4.78, 5) is 16.3. The summed E-state index contributed by atoms with van der Waals surface area (Å²) in [5, 5.41) is 14.0. The number of piperidine rings is 1. The Kier molecular flexibility index (Phi) is 4.25. The Morgan fingerprint density at radius 2 is 1.97 bits per heavy atom. The molecule has 2 aromatic rings. The van der Waals surface area contributed by atoms with Crippen LogP contribution in [0.5, 0.6) is 5.75 Å². The summed E-state index contributed by atoms with van der Waals surface area (Å²) < 4.78 is 35.9. The molecule has 3 aliphatic heterocycles. The minimum atomic E-state index is -3.80. The van der Waals surface area contributed by atoms with Gasteiger partial charge in [0.25, 0.3) is 5.91 Å². The molecule has 0 radical (unpaired) electrons. The smallest absolute Gasteiger partial charge is 0.265 e. The normalized spacial score (nSPS) is 31.2. The Balaban J connectivity index is 1.46. The summed E-state index contributed by atoms with van der Waals surface area (Å²) in [5.41, 5.74) is -0.794. The molecular weight excluding hydrogens is 408 g/mol. The zero-order valence-electron chi connectivity index (χ0n) is 16.8. The van der Waals surface area contributed by atoms with Gasteiger partial charge in [0.15, 0.2) is 6.10 Å². The highest BCUT2D eigenvalue weighted by atomic mass is 32.2. The summed E-state index contributed by atoms with van der Waals surface area (Å²) in [7, 11) is -1.97. The average Bonchev–Trinajstić information content (AvgIpc) is 3.25. The van der Waals surface area contributed by atoms with Gasteiger partial charge in [-0.2, -0.15) is 4.31 Å². The van der Waals surface area contributed by atoms with Gasteiger partial charge in [-0.3, -0.25) is 4.79 Å². The van der Waals surface area contributed by atoms with Crippen molar-refractivity contribution in [1.29, 1.82) is 0 Å². The second kappa shape index (κ2) is 6.53. The first-order valence-corrected chi connectivity index (χ1v) is 11.5. The van der Waals surface area contributed by atoms with Gasteiger partial charge in [-0.05, 0) is 38.0 Å². The molecule has 3 atom stereocenters. The fourth-order valence-corrected chi connectivity index (χ4v) is 6.94. The number of nitrogens with zero attached hydrogens (tertiary/aromatic N) is 3. The Hall–Kier alpha value is -2.43. The fourth-order valence-electron chi connectivity index (χ4n) is 5.04. The van der Waals surface area contributed by atoms with Gasteiger partial charge < -0.3 is 19.7 Å². The second-order valence-corrected chi connectivity index (χ2v) is 10.3. The van der Waals surface area contributed by atoms with Crippen LogP contribution in [-0.4, -0.2) is 51.5 Å². The lowest BCUT2D eigenvalue weighted by Gasteiger charge is -2.42. The lowest BCUT2D eigenvalue weighted by Crippen LogP contribution is -2.52. The minimum Gasteiger partial charge on any atom is -0.479 e. The first kappa shape index (κ1) is 19.5. The molecule has 160 valence electrons. The summed E-state index contributed by atoms with van der Waals surface area (Å²) >= 11 is 0. The third kappa shape index (κ3) is 2.85. The molecule has 9 nitrogen and oxygen atoms in total. The molecular formula is C20H24N4O5S. The highest BCUT2D eigenvalue weighted by Crippen LogP contribution is 2.47. The molecule has 2 N–H and O–H groups in total. The van der Waals surface area contributed by atoms with Crippen molar-refractivity contribution in [3.05, 3.63) is 36.4 Å². The van der Waals surface area contributed by atoms with Crippen molar-refractivity contribution in [2.24, 2.45) is 7.05 Å². The van der Waals surface area contributed by atoms with Gasteiger partial charge in [-0.25, -0.2) is 13.4 Å². The number of ether oxygens (including phenoxy) is 1. The molecule has 4 heterocycles. The number of nitrogens with one attached hydrogen (secondary N) is 1. The lowest BCUT2D eigenvalue weighted by atomic mass is 9.86. The SMILES string of the molecule is CC1Oc2ccc(S(=O)(=O)N3C4CCC3CC(O)(c3nccn3C)C4)cc2NC1=O. The van der Waals surface area contributed by atoms with Crippen molar-refractivity contribution in [3.63, 3.8) is 0 Å². The number of sulfonamides is 1. The van der Waals surface area contributed by atoms with Crippen LogP contribution in [-0.2, 0) is 27.5 Å². The van der Waals surface area contributed by atoms with Crippen molar-refractivity contribution in [3.8, 4) is 5.75 Å². The van der Waals surface area contributed by atoms with Crippen LogP contribution >= 0.6 is 0 Å². The molecule has 0 spiro atoms. The Bertz CT molecular complexity index is 1110. The van der Waals surface area contributed by atoms with E-state index in [1.54, 1.807) is 34.3 Å². The first-order chi connectivity index (χ1) is 14.2. The molecule has 3 aliphatic rings. The van der Waals surface area contributed by atoms with E-state index >= 15 is 0 Å². The molecule has 3 unspecified atom stereocenters. The Labute approximate surface area is 174 Å². The molecule has 0 aliphatic carbocycles. The number of carbonyl (C=O) groups is 1. The Morgan fingerprint density at radius 1 is 1.27 bits per heavy atom. The lowest BCUT2D eigenvalue weighted by molar-refractivity contribution is -0.122. The highest BCUT2D eigenvalue weighted by Gasteiger charge is 2.54. The number of benzene rings is 1. The predicted octanol–water partition coefficient (Wildman–Crippen LogP) is 1.34. The minimum absolute atomic E-state index is 0.110. The van der Waals surface area contributed by atoms with Gasteiger partial charge in [-0.1, -0.05) is 0 Å². The molecule has 10 heteroatoms. The Morgan fingerprint density at radius 3 is 2.60 bits per heavy atom. The molecule has 1 aromatic carbocycles. The van der Waals surface area contributed by atoms with Crippen molar-refractivity contribution in [1.82, 2.24) is 13.9 Å². The van der Waals surface area contributed by atoms with Crippen molar-refractivity contribution in [2.45, 2.75) is 61.3 Å². The van der Waals surface area contributed by atoms with Gasteiger partial charge in [0.05, 0.1) is 10.6 Å². The maximum absolute atomic E-state index is 13.5. The summed E-state index contributed by atoms with van der Waals surface area (Å²) in [6.07, 6.45) is 4.79. The molecule has 2 saturated heterocycles. The number of aliphatic hydroxyl groups is 1. The zero-order chi connectivity index (χ0) is 21.3. The first-order valence-electron chi connectivity index (χ1n) is 10.0. The van der Waals surface area contributed by atoms with E-state index in [9.17, 15) is 18.3 Å². The molecule has 1 aromatic heterocycles. The van der Waals surface area contributed by atoms with Crippen molar-refractivity contribution in [2.75, 3.05) is 5.32 Å². The third-order valence-electron chi connectivity index (χ3n) is 6.39. The van der Waals surface area contributed by atoms with Gasteiger partial charge in [0.1, 0.15) is 17.2 Å². The quantitative estimate of drug-likeness (QED) is 0.757. The predicted molar refractivity (Wildman–Crippen MR) is 107 cm³/mol. The van der Waals surface area contributed by atoms with E-state index < -0.39 is 21.7 Å². The monoisotopic (exact) mass is 432 g/mol. The van der Waals surface area contributed by atoms with Crippen LogP contribution in [0.25, 0.3) is 0 Å². The van der Waals surface area contributed by atoms with Crippen LogP contribution in [0.4, 0.5) is 5.69 Å². The van der Waals surface area contributed by atoms with Gasteiger partial charge in [0.2, 0.25) is 10.0 Å². The zero-order valence-corrected chi connectivity index (χ0v) is 17.6. The van der Waals surface area contributed by atoms with Gasteiger partial charge >= 0.3 is 0 Å². The van der Waals surface area contributed by atoms with E-state index in [4.69, 9.17) is 4.74 Å². The maximum atomic E-state index is 13.5. The van der Waals surface area contributed by atoms with Crippen LogP contribution in [0.15, 0.2) is 35.5 Å². The van der Waals surface area contributed by atoms with Gasteiger partial charge in [-0.15, -0.1) is 0 Å². The standard InChI is InChI=1S/C20H24N4O5S/c1-12-18(25)22-16-9-15(5-6-17(16)29-12)30(27,28)24-13-3-4-14(24)11-20(26,10-13)19-21-7-8-23(19)2/h5-9,12-14,26H,3-4,10-11H2,1-2H3,(H,22,25). The third-order valence-corrected chi connectivity index (χ3v) is 8.40. The molecule has 2 bridgehead atoms. The van der Waals surface area contributed by atoms with E-state index in [-0.39, 0.29) is 22.9 Å². The average molecular weight is 433 g/mol. The van der Waals surface area contributed by atoms with Crippen LogP contribution in [0.3, 0.4) is 0 Å². The number of aromatic nitrogens is 2. The number of rotatable bonds is 3. The summed E-state index contributed by atoms with van der Waals surface area (Å²) in [6, 6.07) is 3.92. The van der Waals surface area contributed by atoms with Gasteiger partial charge in [0, 0.05) is 44.4 Å². The molecule has 5 rings (SSSR count). The van der Waals surface area contributed by atoms with E-state index in [0.29, 0.717) is 42.9 Å². The number of hydrogen-bond acceptors (Lipinski definition) is 6. The van der Waals surface area contributed by atoms with Crippen molar-refractivity contribution >= 4 is 21.6 Å².